The maximum absolute atomic E-state index is 12.1. The molecule has 0 N–H and O–H groups in total. The van der Waals surface area contributed by atoms with E-state index in [2.05, 4.69) is 4.99 Å². The van der Waals surface area contributed by atoms with Crippen molar-refractivity contribution in [2.24, 2.45) is 4.99 Å². The summed E-state index contributed by atoms with van der Waals surface area (Å²) in [6.07, 6.45) is -1.74. The van der Waals surface area contributed by atoms with Gasteiger partial charge in [0.05, 0.1) is 11.6 Å². The SMILES string of the molecule is N#CC1=CCC=NC1C(F)(F)F. The number of nitrogens with zero attached hydrogens (tertiary/aromatic N) is 2. The number of halogens is 3. The van der Waals surface area contributed by atoms with Crippen LogP contribution in [0.15, 0.2) is 16.6 Å². The van der Waals surface area contributed by atoms with Crippen molar-refractivity contribution < 1.29 is 13.2 Å². The first-order valence-corrected chi connectivity index (χ1v) is 3.24. The summed E-state index contributed by atoms with van der Waals surface area (Å²) in [6.45, 7) is 0. The molecule has 0 saturated carbocycles. The summed E-state index contributed by atoms with van der Waals surface area (Å²) in [7, 11) is 0. The smallest absolute Gasteiger partial charge is 0.279 e. The van der Waals surface area contributed by atoms with Gasteiger partial charge in [-0.3, -0.25) is 4.99 Å². The molecule has 2 nitrogen and oxygen atoms in total. The molecule has 0 aromatic carbocycles. The van der Waals surface area contributed by atoms with Crippen LogP contribution in [0.3, 0.4) is 0 Å². The Morgan fingerprint density at radius 1 is 1.58 bits per heavy atom. The molecule has 64 valence electrons. The van der Waals surface area contributed by atoms with Crippen LogP contribution in [0.25, 0.3) is 0 Å². The highest BCUT2D eigenvalue weighted by Crippen LogP contribution is 2.29. The second kappa shape index (κ2) is 2.97. The molecular formula is C7H5F3N2. The van der Waals surface area contributed by atoms with E-state index in [1.165, 1.54) is 18.4 Å². The predicted octanol–water partition coefficient (Wildman–Crippen LogP) is 1.84. The molecule has 1 heterocycles. The van der Waals surface area contributed by atoms with Crippen molar-refractivity contribution >= 4 is 6.21 Å². The van der Waals surface area contributed by atoms with E-state index in [-0.39, 0.29) is 5.57 Å². The van der Waals surface area contributed by atoms with Gasteiger partial charge in [-0.05, 0) is 0 Å². The van der Waals surface area contributed by atoms with E-state index in [4.69, 9.17) is 5.26 Å². The Balaban J connectivity index is 2.90. The summed E-state index contributed by atoms with van der Waals surface area (Å²) in [4.78, 5) is 3.21. The third-order valence-corrected chi connectivity index (χ3v) is 1.43. The van der Waals surface area contributed by atoms with Crippen molar-refractivity contribution in [3.05, 3.63) is 11.6 Å². The van der Waals surface area contributed by atoms with Gasteiger partial charge in [0, 0.05) is 12.6 Å². The van der Waals surface area contributed by atoms with Gasteiger partial charge in [-0.15, -0.1) is 0 Å². The highest BCUT2D eigenvalue weighted by Gasteiger charge is 2.42. The highest BCUT2D eigenvalue weighted by atomic mass is 19.4. The van der Waals surface area contributed by atoms with E-state index in [0.29, 0.717) is 6.42 Å². The van der Waals surface area contributed by atoms with Crippen molar-refractivity contribution in [1.29, 1.82) is 5.26 Å². The molecule has 0 amide bonds. The van der Waals surface area contributed by atoms with Gasteiger partial charge in [0.2, 0.25) is 0 Å². The number of alkyl halides is 3. The molecule has 0 radical (unpaired) electrons. The summed E-state index contributed by atoms with van der Waals surface area (Å²) in [5.41, 5.74) is -0.315. The monoisotopic (exact) mass is 174 g/mol. The third kappa shape index (κ3) is 1.64. The van der Waals surface area contributed by atoms with E-state index < -0.39 is 12.2 Å². The molecular weight excluding hydrogens is 169 g/mol. The topological polar surface area (TPSA) is 36.1 Å². The molecule has 0 fully saturated rings. The van der Waals surface area contributed by atoms with Crippen LogP contribution in [0.5, 0.6) is 0 Å². The first-order valence-electron chi connectivity index (χ1n) is 3.24. The molecule has 1 atom stereocenters. The minimum Gasteiger partial charge on any atom is -0.279 e. The maximum atomic E-state index is 12.1. The van der Waals surface area contributed by atoms with Crippen LogP contribution >= 0.6 is 0 Å². The molecule has 5 heteroatoms. The Bertz CT molecular complexity index is 269. The van der Waals surface area contributed by atoms with E-state index in [9.17, 15) is 13.2 Å². The van der Waals surface area contributed by atoms with Gasteiger partial charge in [-0.1, -0.05) is 6.08 Å². The van der Waals surface area contributed by atoms with E-state index in [1.807, 2.05) is 0 Å². The lowest BCUT2D eigenvalue weighted by Crippen LogP contribution is -2.30. The summed E-state index contributed by atoms with van der Waals surface area (Å²) >= 11 is 0. The molecule has 1 unspecified atom stereocenters. The zero-order valence-electron chi connectivity index (χ0n) is 5.97. The average molecular weight is 174 g/mol. The lowest BCUT2D eigenvalue weighted by molar-refractivity contribution is -0.137. The van der Waals surface area contributed by atoms with Crippen molar-refractivity contribution in [3.8, 4) is 6.07 Å². The van der Waals surface area contributed by atoms with Gasteiger partial charge in [0.1, 0.15) is 0 Å². The van der Waals surface area contributed by atoms with Crippen molar-refractivity contribution in [2.45, 2.75) is 18.6 Å². The summed E-state index contributed by atoms with van der Waals surface area (Å²) in [5, 5.41) is 8.33. The second-order valence-electron chi connectivity index (χ2n) is 2.28. The summed E-state index contributed by atoms with van der Waals surface area (Å²) < 4.78 is 36.2. The number of rotatable bonds is 0. The highest BCUT2D eigenvalue weighted by molar-refractivity contribution is 5.63. The van der Waals surface area contributed by atoms with Crippen molar-refractivity contribution in [2.75, 3.05) is 0 Å². The molecule has 1 aliphatic heterocycles. The first-order chi connectivity index (χ1) is 5.55. The van der Waals surface area contributed by atoms with Gasteiger partial charge < -0.3 is 0 Å². The molecule has 1 rings (SSSR count). The Hall–Kier alpha value is -1.31. The van der Waals surface area contributed by atoms with Crippen LogP contribution < -0.4 is 0 Å². The molecule has 1 aliphatic rings. The Morgan fingerprint density at radius 3 is 2.67 bits per heavy atom. The normalized spacial score (nSPS) is 23.2. The van der Waals surface area contributed by atoms with E-state index in [0.717, 1.165) is 0 Å². The van der Waals surface area contributed by atoms with Crippen LogP contribution in [-0.2, 0) is 0 Å². The third-order valence-electron chi connectivity index (χ3n) is 1.43. The lowest BCUT2D eigenvalue weighted by atomic mass is 10.1. The molecule has 0 saturated heterocycles. The number of dihydropyridines is 1. The Labute approximate surface area is 67.0 Å². The fraction of sp³-hybridized carbons (Fsp3) is 0.429. The molecule has 0 bridgehead atoms. The quantitative estimate of drug-likeness (QED) is 0.552. The standard InChI is InChI=1S/C7H5F3N2/c8-7(9,10)6-5(4-11)2-1-3-12-6/h2-3,6H,1H2. The Morgan fingerprint density at radius 2 is 2.25 bits per heavy atom. The zero-order valence-corrected chi connectivity index (χ0v) is 5.97. The number of hydrogen-bond donors (Lipinski definition) is 0. The van der Waals surface area contributed by atoms with Crippen LogP contribution in [0.4, 0.5) is 13.2 Å². The van der Waals surface area contributed by atoms with Crippen LogP contribution in [0.2, 0.25) is 0 Å². The number of nitriles is 1. The molecule has 12 heavy (non-hydrogen) atoms. The van der Waals surface area contributed by atoms with Gasteiger partial charge in [-0.2, -0.15) is 18.4 Å². The maximum Gasteiger partial charge on any atom is 0.415 e. The first kappa shape index (κ1) is 8.78. The summed E-state index contributed by atoms with van der Waals surface area (Å²) in [6, 6.07) is -0.460. The van der Waals surface area contributed by atoms with E-state index >= 15 is 0 Å². The Kier molecular flexibility index (Phi) is 2.18. The minimum atomic E-state index is -4.45. The number of aliphatic imine (C=N–C) groups is 1. The molecule has 0 aliphatic carbocycles. The zero-order chi connectivity index (χ0) is 9.19. The second-order valence-corrected chi connectivity index (χ2v) is 2.28. The van der Waals surface area contributed by atoms with Gasteiger partial charge in [-0.25, -0.2) is 0 Å². The van der Waals surface area contributed by atoms with Crippen LogP contribution in [0, 0.1) is 11.3 Å². The van der Waals surface area contributed by atoms with Gasteiger partial charge in [0.15, 0.2) is 6.04 Å². The van der Waals surface area contributed by atoms with Gasteiger partial charge in [0.25, 0.3) is 0 Å². The molecule has 0 aromatic heterocycles. The molecule has 0 aromatic rings. The summed E-state index contributed by atoms with van der Waals surface area (Å²) in [5.74, 6) is 0. The van der Waals surface area contributed by atoms with Crippen LogP contribution in [0.1, 0.15) is 6.42 Å². The largest absolute Gasteiger partial charge is 0.415 e. The minimum absolute atomic E-state index is 0.301. The average Bonchev–Trinajstić information content (AvgIpc) is 2.03. The van der Waals surface area contributed by atoms with Crippen molar-refractivity contribution in [3.63, 3.8) is 0 Å². The van der Waals surface area contributed by atoms with E-state index in [1.54, 1.807) is 0 Å². The fourth-order valence-corrected chi connectivity index (χ4v) is 0.905. The molecule has 0 spiro atoms. The van der Waals surface area contributed by atoms with Crippen LogP contribution in [-0.4, -0.2) is 18.4 Å². The number of hydrogen-bond acceptors (Lipinski definition) is 2. The number of allylic oxidation sites excluding steroid dienone is 1. The lowest BCUT2D eigenvalue weighted by Gasteiger charge is -2.17. The van der Waals surface area contributed by atoms with Gasteiger partial charge >= 0.3 is 6.18 Å². The fourth-order valence-electron chi connectivity index (χ4n) is 0.905. The van der Waals surface area contributed by atoms with Crippen molar-refractivity contribution in [1.82, 2.24) is 0 Å². The predicted molar refractivity (Wildman–Crippen MR) is 36.6 cm³/mol.